The number of aromatic amines is 3. The maximum Gasteiger partial charge on any atom is 0.271 e. The molecule has 3 N–H and O–H groups in total. The van der Waals surface area contributed by atoms with Crippen molar-refractivity contribution in [1.29, 1.82) is 0 Å². The largest absolute Gasteiger partial charge is 0.297 e. The normalized spacial score (nSPS) is 13.2. The maximum absolute atomic E-state index is 13.5. The number of nitrogens with one attached hydrogen (secondary N) is 3. The van der Waals surface area contributed by atoms with Crippen molar-refractivity contribution in [3.63, 3.8) is 0 Å². The molecule has 0 spiro atoms. The van der Waals surface area contributed by atoms with Crippen LogP contribution in [0.5, 0.6) is 0 Å². The first-order valence-corrected chi connectivity index (χ1v) is 10.2. The highest BCUT2D eigenvalue weighted by atomic mass is 35.5. The Morgan fingerprint density at radius 3 is 2.41 bits per heavy atom. The Balaban J connectivity index is 0.000000340. The highest BCUT2D eigenvalue weighted by molar-refractivity contribution is 6.31. The molecule has 0 unspecified atom stereocenters. The average Bonchev–Trinajstić information content (AvgIpc) is 3.39. The summed E-state index contributed by atoms with van der Waals surface area (Å²) in [7, 11) is 0.500. The lowest BCUT2D eigenvalue weighted by molar-refractivity contribution is 0.628. The number of rotatable bonds is 3. The molecule has 0 aliphatic heterocycles. The van der Waals surface area contributed by atoms with E-state index in [4.69, 9.17) is 23.2 Å². The van der Waals surface area contributed by atoms with Gasteiger partial charge in [-0.2, -0.15) is 5.10 Å². The van der Waals surface area contributed by atoms with Crippen LogP contribution < -0.4 is 16.1 Å². The van der Waals surface area contributed by atoms with Crippen LogP contribution in [0.15, 0.2) is 65.0 Å². The molecular formula is C23H22Cl2F2N4O. The standard InChI is InChI=1S/C16H12ClFN4O.C6H7Cl.CH3F/c1-3-12(15-8(2)16(23)22-21-15)14-7-13(19-20-14)9-4-10(17)6-11(18)5-9;7-6-4-2-1-3-5-6;1-2/h3-7,21H,1-2H2,(H,19,20)(H,22,23);2,4-5H,1,3H2;1H3/b15-12-;;. The first-order chi connectivity index (χ1) is 15.4. The molecule has 2 heterocycles. The highest BCUT2D eigenvalue weighted by Gasteiger charge is 2.10. The van der Waals surface area contributed by atoms with E-state index < -0.39 is 5.82 Å². The first-order valence-electron chi connectivity index (χ1n) is 9.43. The Labute approximate surface area is 193 Å². The van der Waals surface area contributed by atoms with E-state index in [9.17, 15) is 13.6 Å². The molecule has 32 heavy (non-hydrogen) atoms. The second-order valence-electron chi connectivity index (χ2n) is 6.44. The molecule has 1 aliphatic carbocycles. The third kappa shape index (κ3) is 6.42. The van der Waals surface area contributed by atoms with E-state index in [1.807, 2.05) is 12.2 Å². The molecule has 5 nitrogen and oxygen atoms in total. The second-order valence-corrected chi connectivity index (χ2v) is 7.32. The molecule has 1 aromatic carbocycles. The molecule has 4 rings (SSSR count). The van der Waals surface area contributed by atoms with Crippen LogP contribution in [0.4, 0.5) is 8.78 Å². The molecule has 0 bridgehead atoms. The van der Waals surface area contributed by atoms with Gasteiger partial charge in [0.1, 0.15) is 5.82 Å². The van der Waals surface area contributed by atoms with E-state index in [0.717, 1.165) is 17.9 Å². The molecular weight excluding hydrogens is 457 g/mol. The summed E-state index contributed by atoms with van der Waals surface area (Å²) in [6, 6.07) is 5.89. The number of hydrogen-bond donors (Lipinski definition) is 3. The van der Waals surface area contributed by atoms with E-state index >= 15 is 0 Å². The third-order valence-corrected chi connectivity index (χ3v) is 4.82. The van der Waals surface area contributed by atoms with Crippen molar-refractivity contribution in [2.24, 2.45) is 0 Å². The lowest BCUT2D eigenvalue weighted by Crippen LogP contribution is -2.33. The Morgan fingerprint density at radius 1 is 1.16 bits per heavy atom. The van der Waals surface area contributed by atoms with Crippen LogP contribution in [0.1, 0.15) is 18.5 Å². The third-order valence-electron chi connectivity index (χ3n) is 4.33. The number of allylic oxidation sites excluding steroid dienone is 5. The number of nitrogens with zero attached hydrogens (tertiary/aromatic N) is 1. The lowest BCUT2D eigenvalue weighted by atomic mass is 10.1. The van der Waals surface area contributed by atoms with Gasteiger partial charge in [0.15, 0.2) is 0 Å². The predicted octanol–water partition coefficient (Wildman–Crippen LogP) is 4.73. The van der Waals surface area contributed by atoms with Gasteiger partial charge in [-0.05, 0) is 43.2 Å². The van der Waals surface area contributed by atoms with Crippen molar-refractivity contribution in [3.05, 3.63) is 97.6 Å². The molecule has 2 aromatic heterocycles. The Morgan fingerprint density at radius 2 is 1.91 bits per heavy atom. The summed E-state index contributed by atoms with van der Waals surface area (Å²) < 4.78 is 23.0. The minimum absolute atomic E-state index is 0.285. The van der Waals surface area contributed by atoms with Gasteiger partial charge in [-0.1, -0.05) is 54.6 Å². The van der Waals surface area contributed by atoms with Crippen molar-refractivity contribution in [3.8, 4) is 11.3 Å². The van der Waals surface area contributed by atoms with Crippen LogP contribution in [0.2, 0.25) is 5.02 Å². The zero-order valence-corrected chi connectivity index (χ0v) is 18.8. The molecule has 168 valence electrons. The lowest BCUT2D eigenvalue weighted by Gasteiger charge is -1.98. The summed E-state index contributed by atoms with van der Waals surface area (Å²) in [6.07, 6.45) is 9.88. The summed E-state index contributed by atoms with van der Waals surface area (Å²) in [5.74, 6) is -0.444. The Hall–Kier alpha value is -3.16. The fourth-order valence-electron chi connectivity index (χ4n) is 2.85. The highest BCUT2D eigenvalue weighted by Crippen LogP contribution is 2.24. The summed E-state index contributed by atoms with van der Waals surface area (Å²) in [5, 5.41) is 14.2. The average molecular weight is 479 g/mol. The van der Waals surface area contributed by atoms with Crippen LogP contribution >= 0.6 is 23.2 Å². The molecule has 0 atom stereocenters. The number of alkyl halides is 1. The monoisotopic (exact) mass is 478 g/mol. The topological polar surface area (TPSA) is 77.3 Å². The molecule has 9 heteroatoms. The molecule has 0 radical (unpaired) electrons. The minimum Gasteiger partial charge on any atom is -0.297 e. The summed E-state index contributed by atoms with van der Waals surface area (Å²) in [4.78, 5) is 11.5. The van der Waals surface area contributed by atoms with Gasteiger partial charge in [-0.15, -0.1) is 0 Å². The smallest absolute Gasteiger partial charge is 0.271 e. The fraction of sp³-hybridized carbons (Fsp3) is 0.130. The minimum atomic E-state index is -0.444. The van der Waals surface area contributed by atoms with E-state index in [1.54, 1.807) is 18.2 Å². The van der Waals surface area contributed by atoms with Crippen molar-refractivity contribution in [2.45, 2.75) is 12.8 Å². The summed E-state index contributed by atoms with van der Waals surface area (Å²) >= 11 is 11.5. The quantitative estimate of drug-likeness (QED) is 0.508. The van der Waals surface area contributed by atoms with Crippen molar-refractivity contribution in [1.82, 2.24) is 20.4 Å². The van der Waals surface area contributed by atoms with Gasteiger partial charge in [0.2, 0.25) is 0 Å². The van der Waals surface area contributed by atoms with Gasteiger partial charge >= 0.3 is 0 Å². The number of hydrogen-bond acceptors (Lipinski definition) is 2. The van der Waals surface area contributed by atoms with Gasteiger partial charge in [-0.3, -0.25) is 24.5 Å². The predicted molar refractivity (Wildman–Crippen MR) is 127 cm³/mol. The molecule has 3 aromatic rings. The van der Waals surface area contributed by atoms with Crippen LogP contribution in [0.25, 0.3) is 23.4 Å². The van der Waals surface area contributed by atoms with Crippen LogP contribution in [0, 0.1) is 5.82 Å². The van der Waals surface area contributed by atoms with E-state index in [2.05, 4.69) is 39.6 Å². The molecule has 0 fully saturated rings. The Bertz CT molecular complexity index is 1280. The zero-order valence-electron chi connectivity index (χ0n) is 17.3. The van der Waals surface area contributed by atoms with Crippen LogP contribution in [-0.4, -0.2) is 27.6 Å². The molecule has 1 aliphatic rings. The molecule has 0 saturated carbocycles. The maximum atomic E-state index is 13.5. The van der Waals surface area contributed by atoms with Crippen molar-refractivity contribution in [2.75, 3.05) is 7.18 Å². The number of H-pyrrole nitrogens is 3. The van der Waals surface area contributed by atoms with Gasteiger partial charge in [0.05, 0.1) is 29.1 Å². The van der Waals surface area contributed by atoms with Gasteiger partial charge in [0.25, 0.3) is 5.56 Å². The second kappa shape index (κ2) is 12.0. The number of halogens is 4. The number of aromatic nitrogens is 4. The van der Waals surface area contributed by atoms with Crippen LogP contribution in [-0.2, 0) is 0 Å². The molecule has 0 saturated heterocycles. The molecule has 0 amide bonds. The Kier molecular flexibility index (Phi) is 9.43. The SMILES string of the molecule is C=C/C(c1cc(-c2cc(F)cc(Cl)c2)n[nH]1)=c1/[nH][nH]c(=O)c1=C.CF.ClC1=CCCC=C1. The first kappa shape index (κ1) is 25.1. The van der Waals surface area contributed by atoms with Crippen molar-refractivity contribution < 1.29 is 8.78 Å². The van der Waals surface area contributed by atoms with Gasteiger partial charge < -0.3 is 0 Å². The fourth-order valence-corrected chi connectivity index (χ4v) is 3.27. The van der Waals surface area contributed by atoms with Gasteiger partial charge in [-0.25, -0.2) is 4.39 Å². The number of benzene rings is 1. The van der Waals surface area contributed by atoms with Gasteiger partial charge in [0, 0.05) is 21.2 Å². The van der Waals surface area contributed by atoms with Crippen LogP contribution in [0.3, 0.4) is 0 Å². The zero-order chi connectivity index (χ0) is 23.7. The van der Waals surface area contributed by atoms with E-state index in [0.29, 0.717) is 40.3 Å². The summed E-state index contributed by atoms with van der Waals surface area (Å²) in [6.45, 7) is 7.46. The van der Waals surface area contributed by atoms with E-state index in [-0.39, 0.29) is 10.6 Å². The summed E-state index contributed by atoms with van der Waals surface area (Å²) in [5.41, 5.74) is 1.98. The van der Waals surface area contributed by atoms with E-state index in [1.165, 1.54) is 12.1 Å². The van der Waals surface area contributed by atoms with Crippen molar-refractivity contribution >= 4 is 35.4 Å².